The summed E-state index contributed by atoms with van der Waals surface area (Å²) in [6, 6.07) is 12.9. The molecule has 0 bridgehead atoms. The average Bonchev–Trinajstić information content (AvgIpc) is 2.04. The molecular weight excluding hydrogens is 196 g/mol. The van der Waals surface area contributed by atoms with Crippen molar-refractivity contribution in [2.45, 2.75) is 25.9 Å². The highest BCUT2D eigenvalue weighted by Crippen LogP contribution is 2.13. The predicted molar refractivity (Wildman–Crippen MR) is 62.8 cm³/mol. The summed E-state index contributed by atoms with van der Waals surface area (Å²) in [4.78, 5) is 0. The van der Waals surface area contributed by atoms with Crippen LogP contribution in [0.2, 0.25) is 6.04 Å². The van der Waals surface area contributed by atoms with Crippen molar-refractivity contribution >= 4 is 19.2 Å². The molecule has 0 spiro atoms. The van der Waals surface area contributed by atoms with E-state index in [2.05, 4.69) is 44.2 Å². The molecule has 0 N–H and O–H groups in total. The van der Waals surface area contributed by atoms with Crippen molar-refractivity contribution in [1.82, 2.24) is 0 Å². The minimum absolute atomic E-state index is 0.748. The molecule has 1 atom stereocenters. The quantitative estimate of drug-likeness (QED) is 0.530. The molecule has 0 amide bonds. The van der Waals surface area contributed by atoms with Gasteiger partial charge in [-0.2, -0.15) is 11.1 Å². The van der Waals surface area contributed by atoms with Gasteiger partial charge in [0.25, 0.3) is 0 Å². The largest absolute Gasteiger partial charge is 0.171 e. The van der Waals surface area contributed by atoms with E-state index in [0.29, 0.717) is 0 Å². The summed E-state index contributed by atoms with van der Waals surface area (Å²) in [5.74, 6) is 0.748. The second kappa shape index (κ2) is 5.46. The molecule has 0 saturated heterocycles. The molecule has 0 saturated carbocycles. The summed E-state index contributed by atoms with van der Waals surface area (Å²) >= 11 is 6.35. The van der Waals surface area contributed by atoms with E-state index in [1.54, 1.807) is 0 Å². The summed E-state index contributed by atoms with van der Waals surface area (Å²) in [5, 5.41) is 0. The maximum atomic E-state index is 6.35. The minimum Gasteiger partial charge on any atom is -0.171 e. The van der Waals surface area contributed by atoms with Gasteiger partial charge in [0.05, 0.1) is 0 Å². The molecule has 2 heteroatoms. The van der Waals surface area contributed by atoms with Crippen LogP contribution < -0.4 is 0 Å². The maximum absolute atomic E-state index is 6.35. The Bertz CT molecular complexity index is 233. The Morgan fingerprint density at radius 3 is 2.38 bits per heavy atom. The monoisotopic (exact) mass is 212 g/mol. The lowest BCUT2D eigenvalue weighted by atomic mass is 10.2. The first-order valence-electron chi connectivity index (χ1n) is 4.86. The molecule has 0 radical (unpaired) electrons. The topological polar surface area (TPSA) is 0 Å². The van der Waals surface area contributed by atoms with Crippen LogP contribution in [0.5, 0.6) is 0 Å². The van der Waals surface area contributed by atoms with Crippen LogP contribution >= 0.6 is 11.1 Å². The lowest BCUT2D eigenvalue weighted by Gasteiger charge is -2.09. The van der Waals surface area contributed by atoms with Crippen LogP contribution in [-0.2, 0) is 6.04 Å². The Kier molecular flexibility index (Phi) is 4.53. The lowest BCUT2D eigenvalue weighted by molar-refractivity contribution is 0.727. The van der Waals surface area contributed by atoms with E-state index in [4.69, 9.17) is 11.1 Å². The highest BCUT2D eigenvalue weighted by Gasteiger charge is 2.09. The smallest absolute Gasteiger partial charge is 0.145 e. The second-order valence-electron chi connectivity index (χ2n) is 3.92. The summed E-state index contributed by atoms with van der Waals surface area (Å²) in [6.45, 7) is 4.49. The third-order valence-corrected chi connectivity index (χ3v) is 5.39. The number of benzene rings is 1. The van der Waals surface area contributed by atoms with Gasteiger partial charge in [0.2, 0.25) is 0 Å². The summed E-state index contributed by atoms with van der Waals surface area (Å²) in [6.07, 6.45) is 0. The highest BCUT2D eigenvalue weighted by atomic mass is 35.6. The fourth-order valence-corrected chi connectivity index (χ4v) is 5.04. The van der Waals surface area contributed by atoms with Crippen molar-refractivity contribution < 1.29 is 0 Å². The normalized spacial score (nSPS) is 13.2. The van der Waals surface area contributed by atoms with Gasteiger partial charge < -0.3 is 0 Å². The van der Waals surface area contributed by atoms with E-state index in [9.17, 15) is 0 Å². The summed E-state index contributed by atoms with van der Waals surface area (Å²) in [7, 11) is -1.01. The van der Waals surface area contributed by atoms with Gasteiger partial charge in [-0.05, 0) is 23.6 Å². The molecule has 0 fully saturated rings. The molecule has 0 aliphatic rings. The highest BCUT2D eigenvalue weighted by molar-refractivity contribution is 7.06. The van der Waals surface area contributed by atoms with Crippen LogP contribution in [-0.4, -0.2) is 8.11 Å². The molecule has 0 aliphatic carbocycles. The van der Waals surface area contributed by atoms with E-state index < -0.39 is 8.11 Å². The molecule has 0 heterocycles. The number of halogens is 1. The molecule has 1 rings (SSSR count). The molecule has 0 aromatic heterocycles. The maximum Gasteiger partial charge on any atom is 0.145 e. The number of hydrogen-bond donors (Lipinski definition) is 0. The summed E-state index contributed by atoms with van der Waals surface area (Å²) < 4.78 is 0. The van der Waals surface area contributed by atoms with E-state index in [1.807, 2.05) is 0 Å². The third kappa shape index (κ3) is 4.49. The first-order chi connectivity index (χ1) is 6.18. The van der Waals surface area contributed by atoms with Crippen molar-refractivity contribution in [2.75, 3.05) is 0 Å². The average molecular weight is 213 g/mol. The summed E-state index contributed by atoms with van der Waals surface area (Å²) in [5.41, 5.74) is 1.40. The Balaban J connectivity index is 2.41. The standard InChI is InChI=1S/C11H17ClSi/c1-10(2)8-13(12)9-11-6-4-3-5-7-11/h3-7,10,13H,8-9H2,1-2H3. The molecular formula is C11H17ClSi. The van der Waals surface area contributed by atoms with Crippen molar-refractivity contribution in [3.05, 3.63) is 35.9 Å². The van der Waals surface area contributed by atoms with Gasteiger partial charge in [0.15, 0.2) is 0 Å². The van der Waals surface area contributed by atoms with E-state index >= 15 is 0 Å². The predicted octanol–water partition coefficient (Wildman–Crippen LogP) is 3.39. The molecule has 1 aromatic rings. The number of hydrogen-bond acceptors (Lipinski definition) is 0. The zero-order chi connectivity index (χ0) is 9.68. The molecule has 1 unspecified atom stereocenters. The lowest BCUT2D eigenvalue weighted by Crippen LogP contribution is -2.11. The second-order valence-corrected chi connectivity index (χ2v) is 7.84. The fourth-order valence-electron chi connectivity index (χ4n) is 1.46. The van der Waals surface area contributed by atoms with Gasteiger partial charge in [-0.15, -0.1) is 0 Å². The van der Waals surface area contributed by atoms with Crippen molar-refractivity contribution in [3.8, 4) is 0 Å². The van der Waals surface area contributed by atoms with Gasteiger partial charge in [-0.3, -0.25) is 0 Å². The Labute approximate surface area is 87.2 Å². The van der Waals surface area contributed by atoms with E-state index in [-0.39, 0.29) is 0 Å². The van der Waals surface area contributed by atoms with Crippen LogP contribution in [0.15, 0.2) is 30.3 Å². The zero-order valence-electron chi connectivity index (χ0n) is 8.33. The Morgan fingerprint density at radius 2 is 1.85 bits per heavy atom. The van der Waals surface area contributed by atoms with E-state index in [1.165, 1.54) is 11.6 Å². The molecule has 1 aromatic carbocycles. The molecule has 72 valence electrons. The van der Waals surface area contributed by atoms with Crippen molar-refractivity contribution in [2.24, 2.45) is 5.92 Å². The zero-order valence-corrected chi connectivity index (χ0v) is 10.2. The SMILES string of the molecule is CC(C)C[SiH](Cl)Cc1ccccc1. The number of rotatable bonds is 4. The molecule has 0 aliphatic heterocycles. The van der Waals surface area contributed by atoms with Gasteiger partial charge >= 0.3 is 0 Å². The van der Waals surface area contributed by atoms with Crippen LogP contribution in [0.1, 0.15) is 19.4 Å². The van der Waals surface area contributed by atoms with Gasteiger partial charge in [-0.25, -0.2) is 0 Å². The van der Waals surface area contributed by atoms with Crippen molar-refractivity contribution in [1.29, 1.82) is 0 Å². The van der Waals surface area contributed by atoms with Crippen LogP contribution in [0.3, 0.4) is 0 Å². The van der Waals surface area contributed by atoms with Crippen molar-refractivity contribution in [3.63, 3.8) is 0 Å². The van der Waals surface area contributed by atoms with Crippen LogP contribution in [0.25, 0.3) is 0 Å². The van der Waals surface area contributed by atoms with Crippen LogP contribution in [0.4, 0.5) is 0 Å². The Morgan fingerprint density at radius 1 is 1.23 bits per heavy atom. The van der Waals surface area contributed by atoms with E-state index in [0.717, 1.165) is 12.0 Å². The van der Waals surface area contributed by atoms with Gasteiger partial charge in [0, 0.05) is 0 Å². The molecule has 13 heavy (non-hydrogen) atoms. The fraction of sp³-hybridized carbons (Fsp3) is 0.455. The first-order valence-corrected chi connectivity index (χ1v) is 8.24. The minimum atomic E-state index is -1.01. The Hall–Kier alpha value is -0.273. The first kappa shape index (κ1) is 10.8. The molecule has 0 nitrogen and oxygen atoms in total. The van der Waals surface area contributed by atoms with Crippen LogP contribution in [0, 0.1) is 5.92 Å². The van der Waals surface area contributed by atoms with Gasteiger partial charge in [-0.1, -0.05) is 44.2 Å². The van der Waals surface area contributed by atoms with Gasteiger partial charge in [0.1, 0.15) is 8.11 Å². The third-order valence-electron chi connectivity index (χ3n) is 2.03.